The van der Waals surface area contributed by atoms with E-state index in [1.54, 1.807) is 0 Å². The molecule has 2 atom stereocenters. The minimum Gasteiger partial charge on any atom is -0.480 e. The largest absolute Gasteiger partial charge is 0.480 e. The summed E-state index contributed by atoms with van der Waals surface area (Å²) in [5, 5.41) is 23.9. The number of rotatable bonds is 9. The molecule has 0 spiro atoms. The first-order valence-corrected chi connectivity index (χ1v) is 6.31. The van der Waals surface area contributed by atoms with Gasteiger partial charge in [-0.15, -0.1) is 0 Å². The molecule has 6 nitrogen and oxygen atoms in total. The zero-order chi connectivity index (χ0) is 14.1. The lowest BCUT2D eigenvalue weighted by molar-refractivity contribution is -0.141. The van der Waals surface area contributed by atoms with Crippen molar-refractivity contribution in [2.24, 2.45) is 5.92 Å². The highest BCUT2D eigenvalue weighted by Gasteiger charge is 2.19. The van der Waals surface area contributed by atoms with Crippen molar-refractivity contribution in [3.63, 3.8) is 0 Å². The van der Waals surface area contributed by atoms with Crippen LogP contribution >= 0.6 is 0 Å². The third-order valence-corrected chi connectivity index (χ3v) is 2.97. The summed E-state index contributed by atoms with van der Waals surface area (Å²) in [6.45, 7) is 5.72. The first-order chi connectivity index (χ1) is 8.42. The van der Waals surface area contributed by atoms with E-state index in [0.29, 0.717) is 6.54 Å². The molecule has 0 radical (unpaired) electrons. The third kappa shape index (κ3) is 6.56. The van der Waals surface area contributed by atoms with Crippen LogP contribution in [-0.2, 0) is 9.59 Å². The summed E-state index contributed by atoms with van der Waals surface area (Å²) in [7, 11) is 0. The molecular formula is C12H24N2O4. The van der Waals surface area contributed by atoms with Crippen molar-refractivity contribution in [2.75, 3.05) is 13.1 Å². The maximum Gasteiger partial charge on any atom is 0.327 e. The van der Waals surface area contributed by atoms with E-state index in [9.17, 15) is 14.7 Å². The van der Waals surface area contributed by atoms with E-state index in [2.05, 4.69) is 10.6 Å². The molecule has 0 bridgehead atoms. The normalized spacial score (nSPS) is 14.3. The van der Waals surface area contributed by atoms with Gasteiger partial charge in [-0.25, -0.2) is 4.79 Å². The maximum absolute atomic E-state index is 10.8. The number of aliphatic carboxylic acids is 1. The number of carbonyl (C=O) groups excluding carboxylic acids is 1. The van der Waals surface area contributed by atoms with Crippen LogP contribution in [0, 0.1) is 5.92 Å². The fraction of sp³-hybridized carbons (Fsp3) is 0.833. The number of carbonyl (C=O) groups is 2. The van der Waals surface area contributed by atoms with Crippen molar-refractivity contribution in [1.29, 1.82) is 0 Å². The third-order valence-electron chi connectivity index (χ3n) is 2.97. The molecule has 0 aliphatic carbocycles. The first-order valence-electron chi connectivity index (χ1n) is 6.31. The van der Waals surface area contributed by atoms with Crippen LogP contribution in [0.4, 0.5) is 0 Å². The van der Waals surface area contributed by atoms with Crippen molar-refractivity contribution < 1.29 is 19.8 Å². The number of nitrogens with one attached hydrogen (secondary N) is 2. The van der Waals surface area contributed by atoms with E-state index in [-0.39, 0.29) is 18.4 Å². The highest BCUT2D eigenvalue weighted by Crippen LogP contribution is 2.12. The second kappa shape index (κ2) is 8.88. The number of amides is 1. The van der Waals surface area contributed by atoms with Crippen LogP contribution in [0.25, 0.3) is 0 Å². The van der Waals surface area contributed by atoms with E-state index >= 15 is 0 Å². The fourth-order valence-corrected chi connectivity index (χ4v) is 1.82. The standard InChI is InChI=1S/C12H24N2O4/c1-4-9(5-2)11(16)7-13-6-10(12(17)18)14-8(3)15/h9-11,13,16H,4-7H2,1-3H3,(H,14,15)(H,17,18). The molecular weight excluding hydrogens is 236 g/mol. The van der Waals surface area contributed by atoms with Gasteiger partial charge in [0.05, 0.1) is 6.10 Å². The van der Waals surface area contributed by atoms with Gasteiger partial charge in [-0.2, -0.15) is 0 Å². The molecule has 0 aromatic carbocycles. The molecule has 0 aliphatic rings. The molecule has 0 saturated carbocycles. The summed E-state index contributed by atoms with van der Waals surface area (Å²) in [5.74, 6) is -1.26. The van der Waals surface area contributed by atoms with Crippen molar-refractivity contribution in [2.45, 2.75) is 45.8 Å². The summed E-state index contributed by atoms with van der Waals surface area (Å²) in [6.07, 6.45) is 1.27. The minimum atomic E-state index is -1.09. The lowest BCUT2D eigenvalue weighted by atomic mass is 9.96. The van der Waals surface area contributed by atoms with E-state index in [4.69, 9.17) is 5.11 Å². The quantitative estimate of drug-likeness (QED) is 0.466. The topological polar surface area (TPSA) is 98.7 Å². The Morgan fingerprint density at radius 2 is 1.72 bits per heavy atom. The van der Waals surface area contributed by atoms with Gasteiger partial charge in [-0.3, -0.25) is 4.79 Å². The van der Waals surface area contributed by atoms with Gasteiger partial charge in [0.2, 0.25) is 5.91 Å². The molecule has 0 heterocycles. The van der Waals surface area contributed by atoms with Gasteiger partial charge >= 0.3 is 5.97 Å². The number of hydrogen-bond acceptors (Lipinski definition) is 4. The SMILES string of the molecule is CCC(CC)C(O)CNCC(NC(C)=O)C(=O)O. The average molecular weight is 260 g/mol. The van der Waals surface area contributed by atoms with Gasteiger partial charge in [-0.1, -0.05) is 26.7 Å². The van der Waals surface area contributed by atoms with E-state index < -0.39 is 18.1 Å². The molecule has 0 aliphatic heterocycles. The van der Waals surface area contributed by atoms with Gasteiger partial charge in [0, 0.05) is 20.0 Å². The molecule has 0 aromatic rings. The van der Waals surface area contributed by atoms with E-state index in [0.717, 1.165) is 12.8 Å². The zero-order valence-electron chi connectivity index (χ0n) is 11.3. The highest BCUT2D eigenvalue weighted by molar-refractivity contribution is 5.82. The Hall–Kier alpha value is -1.14. The van der Waals surface area contributed by atoms with Gasteiger partial charge in [-0.05, 0) is 5.92 Å². The predicted octanol–water partition coefficient (Wildman–Crippen LogP) is -0.0376. The van der Waals surface area contributed by atoms with Gasteiger partial charge in [0.1, 0.15) is 6.04 Å². The van der Waals surface area contributed by atoms with Crippen molar-refractivity contribution in [3.05, 3.63) is 0 Å². The van der Waals surface area contributed by atoms with Crippen LogP contribution < -0.4 is 10.6 Å². The second-order valence-electron chi connectivity index (χ2n) is 4.39. The van der Waals surface area contributed by atoms with Crippen LogP contribution in [0.2, 0.25) is 0 Å². The lowest BCUT2D eigenvalue weighted by Gasteiger charge is -2.21. The predicted molar refractivity (Wildman–Crippen MR) is 68.2 cm³/mol. The van der Waals surface area contributed by atoms with Gasteiger partial charge in [0.25, 0.3) is 0 Å². The van der Waals surface area contributed by atoms with Crippen LogP contribution in [0.5, 0.6) is 0 Å². The van der Waals surface area contributed by atoms with Crippen molar-refractivity contribution in [3.8, 4) is 0 Å². The molecule has 1 amide bonds. The molecule has 0 saturated heterocycles. The number of aliphatic hydroxyl groups is 1. The minimum absolute atomic E-state index is 0.103. The summed E-state index contributed by atoms with van der Waals surface area (Å²) in [5.41, 5.74) is 0. The Labute approximate surface area is 108 Å². The smallest absolute Gasteiger partial charge is 0.327 e. The first kappa shape index (κ1) is 16.9. The summed E-state index contributed by atoms with van der Waals surface area (Å²) in [4.78, 5) is 21.6. The Morgan fingerprint density at radius 1 is 1.17 bits per heavy atom. The second-order valence-corrected chi connectivity index (χ2v) is 4.39. The Morgan fingerprint density at radius 3 is 2.11 bits per heavy atom. The summed E-state index contributed by atoms with van der Waals surface area (Å²) in [6, 6.07) is -0.962. The number of hydrogen-bond donors (Lipinski definition) is 4. The Kier molecular flexibility index (Phi) is 8.32. The van der Waals surface area contributed by atoms with Crippen LogP contribution in [0.1, 0.15) is 33.6 Å². The molecule has 0 rings (SSSR count). The molecule has 2 unspecified atom stereocenters. The summed E-state index contributed by atoms with van der Waals surface area (Å²) < 4.78 is 0. The van der Waals surface area contributed by atoms with Crippen LogP contribution in [0.3, 0.4) is 0 Å². The van der Waals surface area contributed by atoms with E-state index in [1.807, 2.05) is 13.8 Å². The number of carboxylic acids is 1. The molecule has 4 N–H and O–H groups in total. The molecule has 18 heavy (non-hydrogen) atoms. The van der Waals surface area contributed by atoms with Crippen LogP contribution in [0.15, 0.2) is 0 Å². The number of aliphatic hydroxyl groups excluding tert-OH is 1. The van der Waals surface area contributed by atoms with E-state index in [1.165, 1.54) is 6.92 Å². The van der Waals surface area contributed by atoms with Gasteiger partial charge < -0.3 is 20.8 Å². The Balaban J connectivity index is 4.05. The fourth-order valence-electron chi connectivity index (χ4n) is 1.82. The average Bonchev–Trinajstić information content (AvgIpc) is 2.28. The summed E-state index contributed by atoms with van der Waals surface area (Å²) >= 11 is 0. The molecule has 0 aromatic heterocycles. The molecule has 106 valence electrons. The Bertz CT molecular complexity index is 267. The monoisotopic (exact) mass is 260 g/mol. The highest BCUT2D eigenvalue weighted by atomic mass is 16.4. The molecule has 0 fully saturated rings. The van der Waals surface area contributed by atoms with Crippen molar-refractivity contribution >= 4 is 11.9 Å². The maximum atomic E-state index is 10.8. The molecule has 6 heteroatoms. The van der Waals surface area contributed by atoms with Crippen molar-refractivity contribution in [1.82, 2.24) is 10.6 Å². The van der Waals surface area contributed by atoms with Crippen LogP contribution in [-0.4, -0.2) is 47.3 Å². The van der Waals surface area contributed by atoms with Gasteiger partial charge in [0.15, 0.2) is 0 Å². The zero-order valence-corrected chi connectivity index (χ0v) is 11.3. The lowest BCUT2D eigenvalue weighted by Crippen LogP contribution is -2.48. The number of carboxylic acid groups (broad SMARTS) is 1.